The van der Waals surface area contributed by atoms with Gasteiger partial charge in [-0.15, -0.1) is 0 Å². The Hall–Kier alpha value is -3.93. The lowest BCUT2D eigenvalue weighted by molar-refractivity contribution is -0.122. The number of para-hydroxylation sites is 1. The molecule has 1 N–H and O–H groups in total. The molecule has 172 valence electrons. The fourth-order valence-electron chi connectivity index (χ4n) is 4.87. The van der Waals surface area contributed by atoms with E-state index in [1.807, 2.05) is 67.6 Å². The van der Waals surface area contributed by atoms with Gasteiger partial charge in [0.25, 0.3) is 11.8 Å². The second-order valence-corrected chi connectivity index (χ2v) is 8.97. The van der Waals surface area contributed by atoms with Crippen molar-refractivity contribution in [1.82, 2.24) is 10.2 Å². The molecule has 0 unspecified atom stereocenters. The Labute approximate surface area is 199 Å². The summed E-state index contributed by atoms with van der Waals surface area (Å²) in [6, 6.07) is 22.2. The summed E-state index contributed by atoms with van der Waals surface area (Å²) >= 11 is 0. The lowest BCUT2D eigenvalue weighted by atomic mass is 10.1. The summed E-state index contributed by atoms with van der Waals surface area (Å²) in [6.07, 6.45) is 1.51. The van der Waals surface area contributed by atoms with Crippen molar-refractivity contribution in [1.29, 1.82) is 0 Å². The summed E-state index contributed by atoms with van der Waals surface area (Å²) in [7, 11) is 0. The van der Waals surface area contributed by atoms with Gasteiger partial charge in [-0.1, -0.05) is 54.1 Å². The van der Waals surface area contributed by atoms with Gasteiger partial charge in [-0.25, -0.2) is 0 Å². The average molecular weight is 454 g/mol. The van der Waals surface area contributed by atoms with E-state index in [0.29, 0.717) is 42.9 Å². The van der Waals surface area contributed by atoms with Crippen molar-refractivity contribution < 1.29 is 14.4 Å². The summed E-state index contributed by atoms with van der Waals surface area (Å²) < 4.78 is 0. The Morgan fingerprint density at radius 2 is 1.76 bits per heavy atom. The smallest absolute Gasteiger partial charge is 0.256 e. The van der Waals surface area contributed by atoms with Crippen LogP contribution < -0.4 is 10.2 Å². The lowest BCUT2D eigenvalue weighted by Crippen LogP contribution is -2.44. The van der Waals surface area contributed by atoms with E-state index in [2.05, 4.69) is 5.32 Å². The molecule has 1 fully saturated rings. The summed E-state index contributed by atoms with van der Waals surface area (Å²) in [5, 5.41) is 2.97. The summed E-state index contributed by atoms with van der Waals surface area (Å²) in [5.74, 6) is -0.313. The van der Waals surface area contributed by atoms with E-state index in [0.717, 1.165) is 23.1 Å². The van der Waals surface area contributed by atoms with E-state index in [4.69, 9.17) is 0 Å². The maximum atomic E-state index is 13.5. The van der Waals surface area contributed by atoms with Gasteiger partial charge in [-0.3, -0.25) is 14.4 Å². The van der Waals surface area contributed by atoms with Crippen LogP contribution in [-0.2, 0) is 17.9 Å². The molecule has 3 aromatic carbocycles. The van der Waals surface area contributed by atoms with Crippen molar-refractivity contribution >= 4 is 23.4 Å². The molecule has 0 spiro atoms. The van der Waals surface area contributed by atoms with Crippen molar-refractivity contribution in [3.05, 3.63) is 101 Å². The molecule has 2 aliphatic heterocycles. The Morgan fingerprint density at radius 1 is 0.971 bits per heavy atom. The van der Waals surface area contributed by atoms with E-state index in [9.17, 15) is 14.4 Å². The van der Waals surface area contributed by atoms with Crippen LogP contribution in [0.4, 0.5) is 5.69 Å². The SMILES string of the molecule is Cc1cccc(CNC(=O)c2cccc(CN3C(=O)[C@H]4CCCN4C(=O)c4ccccc43)c2)c1. The van der Waals surface area contributed by atoms with Crippen molar-refractivity contribution in [2.75, 3.05) is 11.4 Å². The first kappa shape index (κ1) is 21.9. The standard InChI is InChI=1S/C28H27N3O3/c1-19-7-4-8-20(15-19)17-29-26(32)22-10-5-9-21(16-22)18-31-24-12-3-2-11-23(24)27(33)30-14-6-13-25(30)28(31)34/h2-5,7-12,15-16,25H,6,13-14,17-18H2,1H3,(H,29,32)/t25-/m1/s1. The van der Waals surface area contributed by atoms with Crippen molar-refractivity contribution in [3.8, 4) is 0 Å². The summed E-state index contributed by atoms with van der Waals surface area (Å²) in [5.41, 5.74) is 4.75. The van der Waals surface area contributed by atoms with Crippen LogP contribution in [0.1, 0.15) is 50.2 Å². The molecule has 1 saturated heterocycles. The minimum absolute atomic E-state index is 0.0647. The predicted octanol–water partition coefficient (Wildman–Crippen LogP) is 4.08. The zero-order valence-electron chi connectivity index (χ0n) is 19.2. The van der Waals surface area contributed by atoms with Crippen LogP contribution in [0.3, 0.4) is 0 Å². The average Bonchev–Trinajstić information content (AvgIpc) is 3.33. The fourth-order valence-corrected chi connectivity index (χ4v) is 4.87. The Morgan fingerprint density at radius 3 is 2.62 bits per heavy atom. The third-order valence-electron chi connectivity index (χ3n) is 6.56. The van der Waals surface area contributed by atoms with Gasteiger partial charge >= 0.3 is 0 Å². The molecule has 2 heterocycles. The molecule has 6 nitrogen and oxygen atoms in total. The van der Waals surface area contributed by atoms with Crippen molar-refractivity contribution in [3.63, 3.8) is 0 Å². The molecule has 3 amide bonds. The van der Waals surface area contributed by atoms with Crippen LogP contribution in [0.5, 0.6) is 0 Å². The maximum absolute atomic E-state index is 13.5. The molecular formula is C28H27N3O3. The van der Waals surface area contributed by atoms with Crippen LogP contribution in [0.15, 0.2) is 72.8 Å². The highest BCUT2D eigenvalue weighted by Crippen LogP contribution is 2.33. The molecular weight excluding hydrogens is 426 g/mol. The quantitative estimate of drug-likeness (QED) is 0.633. The number of amides is 3. The molecule has 3 aromatic rings. The first-order chi connectivity index (χ1) is 16.5. The van der Waals surface area contributed by atoms with Crippen molar-refractivity contribution in [2.24, 2.45) is 0 Å². The second-order valence-electron chi connectivity index (χ2n) is 8.97. The molecule has 6 heteroatoms. The normalized spacial score (nSPS) is 17.3. The molecule has 0 bridgehead atoms. The molecule has 0 radical (unpaired) electrons. The third-order valence-corrected chi connectivity index (χ3v) is 6.56. The molecule has 5 rings (SSSR count). The van der Waals surface area contributed by atoms with Crippen LogP contribution in [0, 0.1) is 6.92 Å². The third kappa shape index (κ3) is 4.19. The number of rotatable bonds is 5. The maximum Gasteiger partial charge on any atom is 0.256 e. The number of fused-ring (bicyclic) bond motifs is 2. The molecule has 0 aromatic heterocycles. The first-order valence-corrected chi connectivity index (χ1v) is 11.7. The summed E-state index contributed by atoms with van der Waals surface area (Å²) in [4.78, 5) is 42.8. The number of hydrogen-bond acceptors (Lipinski definition) is 3. The highest BCUT2D eigenvalue weighted by atomic mass is 16.2. The molecule has 2 aliphatic rings. The second kappa shape index (κ2) is 9.14. The number of nitrogens with one attached hydrogen (secondary N) is 1. The van der Waals surface area contributed by atoms with E-state index in [1.54, 1.807) is 21.9 Å². The van der Waals surface area contributed by atoms with E-state index in [1.165, 1.54) is 0 Å². The number of carbonyl (C=O) groups excluding carboxylic acids is 3. The number of aryl methyl sites for hydroxylation is 1. The van der Waals surface area contributed by atoms with Gasteiger partial charge in [-0.05, 0) is 55.2 Å². The van der Waals surface area contributed by atoms with Gasteiger partial charge < -0.3 is 15.1 Å². The zero-order valence-corrected chi connectivity index (χ0v) is 19.2. The van der Waals surface area contributed by atoms with E-state index in [-0.39, 0.29) is 17.7 Å². The minimum Gasteiger partial charge on any atom is -0.348 e. The number of hydrogen-bond donors (Lipinski definition) is 1. The Balaban J connectivity index is 1.38. The van der Waals surface area contributed by atoms with Gasteiger partial charge in [-0.2, -0.15) is 0 Å². The zero-order chi connectivity index (χ0) is 23.7. The predicted molar refractivity (Wildman–Crippen MR) is 130 cm³/mol. The molecule has 0 aliphatic carbocycles. The van der Waals surface area contributed by atoms with Crippen LogP contribution in [-0.4, -0.2) is 35.2 Å². The number of carbonyl (C=O) groups is 3. The monoisotopic (exact) mass is 453 g/mol. The highest BCUT2D eigenvalue weighted by molar-refractivity contribution is 6.11. The van der Waals surface area contributed by atoms with Gasteiger partial charge in [0.05, 0.1) is 17.8 Å². The van der Waals surface area contributed by atoms with Crippen LogP contribution >= 0.6 is 0 Å². The van der Waals surface area contributed by atoms with Gasteiger partial charge in [0, 0.05) is 18.7 Å². The van der Waals surface area contributed by atoms with E-state index >= 15 is 0 Å². The van der Waals surface area contributed by atoms with Gasteiger partial charge in [0.15, 0.2) is 0 Å². The number of nitrogens with zero attached hydrogens (tertiary/aromatic N) is 2. The topological polar surface area (TPSA) is 69.7 Å². The van der Waals surface area contributed by atoms with Crippen LogP contribution in [0.25, 0.3) is 0 Å². The first-order valence-electron chi connectivity index (χ1n) is 11.7. The fraction of sp³-hybridized carbons (Fsp3) is 0.250. The van der Waals surface area contributed by atoms with Crippen molar-refractivity contribution in [2.45, 2.75) is 38.9 Å². The Kier molecular flexibility index (Phi) is 5.88. The molecule has 1 atom stereocenters. The molecule has 34 heavy (non-hydrogen) atoms. The lowest BCUT2D eigenvalue weighted by Gasteiger charge is -2.26. The van der Waals surface area contributed by atoms with Gasteiger partial charge in [0.2, 0.25) is 5.91 Å². The number of benzene rings is 3. The van der Waals surface area contributed by atoms with Gasteiger partial charge in [0.1, 0.15) is 6.04 Å². The number of anilines is 1. The highest BCUT2D eigenvalue weighted by Gasteiger charge is 2.41. The van der Waals surface area contributed by atoms with Crippen LogP contribution in [0.2, 0.25) is 0 Å². The minimum atomic E-state index is -0.430. The molecule has 0 saturated carbocycles. The Bertz CT molecular complexity index is 1270. The largest absolute Gasteiger partial charge is 0.348 e. The van der Waals surface area contributed by atoms with E-state index < -0.39 is 6.04 Å². The summed E-state index contributed by atoms with van der Waals surface area (Å²) in [6.45, 7) is 3.37.